The first-order valence-corrected chi connectivity index (χ1v) is 4.24. The summed E-state index contributed by atoms with van der Waals surface area (Å²) in [7, 11) is 0. The van der Waals surface area contributed by atoms with E-state index >= 15 is 0 Å². The minimum absolute atomic E-state index is 0.878. The van der Waals surface area contributed by atoms with E-state index in [1.165, 1.54) is 5.57 Å². The van der Waals surface area contributed by atoms with Crippen LogP contribution in [0.3, 0.4) is 0 Å². The fourth-order valence-corrected chi connectivity index (χ4v) is 1.04. The van der Waals surface area contributed by atoms with Crippen LogP contribution in [0.25, 0.3) is 6.08 Å². The Morgan fingerprint density at radius 2 is 2.18 bits per heavy atom. The molecule has 1 rings (SSSR count). The Bertz CT molecular complexity index is 257. The number of halogens is 1. The Kier molecular flexibility index (Phi) is 2.83. The molecule has 0 fully saturated rings. The topological polar surface area (TPSA) is 12.9 Å². The summed E-state index contributed by atoms with van der Waals surface area (Å²) >= 11 is 3.28. The van der Waals surface area contributed by atoms with Gasteiger partial charge < -0.3 is 0 Å². The molecule has 0 aliphatic carbocycles. The highest BCUT2D eigenvalue weighted by atomic mass is 79.9. The summed E-state index contributed by atoms with van der Waals surface area (Å²) in [6, 6.07) is 3.97. The molecule has 1 aromatic heterocycles. The monoisotopic (exact) mass is 211 g/mol. The number of allylic oxidation sites excluding steroid dienone is 1. The van der Waals surface area contributed by atoms with E-state index in [0.717, 1.165) is 10.2 Å². The lowest BCUT2D eigenvalue weighted by Crippen LogP contribution is -1.77. The molecule has 0 spiro atoms. The van der Waals surface area contributed by atoms with Gasteiger partial charge in [-0.15, -0.1) is 0 Å². The molecule has 0 radical (unpaired) electrons. The quantitative estimate of drug-likeness (QED) is 0.651. The second-order valence-corrected chi connectivity index (χ2v) is 3.45. The SMILES string of the molecule is CC(C)=Cc1ccc(Br)nc1. The van der Waals surface area contributed by atoms with E-state index in [0.29, 0.717) is 0 Å². The molecule has 0 saturated carbocycles. The molecule has 0 aromatic carbocycles. The third kappa shape index (κ3) is 2.85. The first-order chi connectivity index (χ1) is 5.18. The second-order valence-electron chi connectivity index (χ2n) is 2.64. The van der Waals surface area contributed by atoms with Gasteiger partial charge in [-0.05, 0) is 41.4 Å². The average molecular weight is 212 g/mol. The van der Waals surface area contributed by atoms with Crippen molar-refractivity contribution in [3.63, 3.8) is 0 Å². The maximum Gasteiger partial charge on any atom is 0.106 e. The van der Waals surface area contributed by atoms with E-state index in [9.17, 15) is 0 Å². The zero-order valence-electron chi connectivity index (χ0n) is 6.63. The largest absolute Gasteiger partial charge is 0.249 e. The van der Waals surface area contributed by atoms with Gasteiger partial charge >= 0.3 is 0 Å². The highest BCUT2D eigenvalue weighted by molar-refractivity contribution is 9.10. The number of nitrogens with zero attached hydrogens (tertiary/aromatic N) is 1. The Labute approximate surface area is 75.3 Å². The molecular weight excluding hydrogens is 202 g/mol. The molecule has 1 aromatic rings. The van der Waals surface area contributed by atoms with Gasteiger partial charge in [-0.3, -0.25) is 0 Å². The predicted molar refractivity (Wildman–Crippen MR) is 51.3 cm³/mol. The van der Waals surface area contributed by atoms with Crippen LogP contribution in [-0.4, -0.2) is 4.98 Å². The second kappa shape index (κ2) is 3.67. The summed E-state index contributed by atoms with van der Waals surface area (Å²) < 4.78 is 0.878. The van der Waals surface area contributed by atoms with Crippen LogP contribution in [0, 0.1) is 0 Å². The summed E-state index contributed by atoms with van der Waals surface area (Å²) in [5.41, 5.74) is 2.43. The summed E-state index contributed by atoms with van der Waals surface area (Å²) in [5, 5.41) is 0. The van der Waals surface area contributed by atoms with Crippen molar-refractivity contribution in [2.75, 3.05) is 0 Å². The van der Waals surface area contributed by atoms with Gasteiger partial charge in [0.1, 0.15) is 4.60 Å². The van der Waals surface area contributed by atoms with Gasteiger partial charge in [0.25, 0.3) is 0 Å². The minimum Gasteiger partial charge on any atom is -0.249 e. The van der Waals surface area contributed by atoms with E-state index in [-0.39, 0.29) is 0 Å². The van der Waals surface area contributed by atoms with Crippen molar-refractivity contribution < 1.29 is 0 Å². The summed E-state index contributed by atoms with van der Waals surface area (Å²) in [4.78, 5) is 4.10. The number of rotatable bonds is 1. The van der Waals surface area contributed by atoms with Crippen molar-refractivity contribution in [2.45, 2.75) is 13.8 Å². The molecule has 58 valence electrons. The van der Waals surface area contributed by atoms with Crippen LogP contribution >= 0.6 is 15.9 Å². The van der Waals surface area contributed by atoms with Crippen molar-refractivity contribution in [3.05, 3.63) is 34.1 Å². The minimum atomic E-state index is 0.878. The van der Waals surface area contributed by atoms with Crippen molar-refractivity contribution >= 4 is 22.0 Å². The molecule has 0 aliphatic rings. The maximum atomic E-state index is 4.10. The van der Waals surface area contributed by atoms with Crippen LogP contribution < -0.4 is 0 Å². The Hall–Kier alpha value is -0.630. The number of hydrogen-bond donors (Lipinski definition) is 0. The summed E-state index contributed by atoms with van der Waals surface area (Å²) in [6.45, 7) is 4.14. The molecule has 1 heterocycles. The lowest BCUT2D eigenvalue weighted by molar-refractivity contribution is 1.26. The number of pyridine rings is 1. The Balaban J connectivity index is 2.91. The van der Waals surface area contributed by atoms with Gasteiger partial charge in [-0.1, -0.05) is 17.7 Å². The van der Waals surface area contributed by atoms with Crippen LogP contribution in [0.1, 0.15) is 19.4 Å². The highest BCUT2D eigenvalue weighted by Gasteiger charge is 1.88. The third-order valence-electron chi connectivity index (χ3n) is 1.21. The molecule has 2 heteroatoms. The van der Waals surface area contributed by atoms with Crippen LogP contribution in [0.5, 0.6) is 0 Å². The smallest absolute Gasteiger partial charge is 0.106 e. The Morgan fingerprint density at radius 1 is 1.45 bits per heavy atom. The van der Waals surface area contributed by atoms with E-state index in [4.69, 9.17) is 0 Å². The fourth-order valence-electron chi connectivity index (χ4n) is 0.806. The molecule has 0 saturated heterocycles. The molecule has 0 N–H and O–H groups in total. The van der Waals surface area contributed by atoms with Crippen molar-refractivity contribution in [1.82, 2.24) is 4.98 Å². The van der Waals surface area contributed by atoms with Crippen LogP contribution in [-0.2, 0) is 0 Å². The van der Waals surface area contributed by atoms with Gasteiger partial charge in [0.2, 0.25) is 0 Å². The molecule has 1 nitrogen and oxygen atoms in total. The van der Waals surface area contributed by atoms with Gasteiger partial charge in [0.15, 0.2) is 0 Å². The number of hydrogen-bond acceptors (Lipinski definition) is 1. The molecule has 0 unspecified atom stereocenters. The molecule has 0 aliphatic heterocycles. The van der Waals surface area contributed by atoms with Gasteiger partial charge in [-0.2, -0.15) is 0 Å². The van der Waals surface area contributed by atoms with E-state index in [1.807, 2.05) is 18.3 Å². The maximum absolute atomic E-state index is 4.10. The van der Waals surface area contributed by atoms with E-state index in [2.05, 4.69) is 40.8 Å². The fraction of sp³-hybridized carbons (Fsp3) is 0.222. The summed E-state index contributed by atoms with van der Waals surface area (Å²) in [6.07, 6.45) is 3.94. The van der Waals surface area contributed by atoms with E-state index in [1.54, 1.807) is 0 Å². The van der Waals surface area contributed by atoms with Crippen LogP contribution in [0.15, 0.2) is 28.5 Å². The zero-order valence-corrected chi connectivity index (χ0v) is 8.22. The van der Waals surface area contributed by atoms with Gasteiger partial charge in [0, 0.05) is 6.20 Å². The van der Waals surface area contributed by atoms with E-state index < -0.39 is 0 Å². The normalized spacial score (nSPS) is 9.36. The molecule has 0 atom stereocenters. The van der Waals surface area contributed by atoms with Crippen molar-refractivity contribution in [3.8, 4) is 0 Å². The molecule has 0 amide bonds. The first-order valence-electron chi connectivity index (χ1n) is 3.45. The van der Waals surface area contributed by atoms with Crippen LogP contribution in [0.4, 0.5) is 0 Å². The first kappa shape index (κ1) is 8.47. The average Bonchev–Trinajstić information content (AvgIpc) is 1.93. The highest BCUT2D eigenvalue weighted by Crippen LogP contribution is 2.09. The standard InChI is InChI=1S/C9H10BrN/c1-7(2)5-8-3-4-9(10)11-6-8/h3-6H,1-2H3. The zero-order chi connectivity index (χ0) is 8.27. The molecule has 0 bridgehead atoms. The van der Waals surface area contributed by atoms with Crippen LogP contribution in [0.2, 0.25) is 0 Å². The lowest BCUT2D eigenvalue weighted by Gasteiger charge is -1.93. The van der Waals surface area contributed by atoms with Crippen molar-refractivity contribution in [1.29, 1.82) is 0 Å². The van der Waals surface area contributed by atoms with Gasteiger partial charge in [0.05, 0.1) is 0 Å². The molecule has 11 heavy (non-hydrogen) atoms. The summed E-state index contributed by atoms with van der Waals surface area (Å²) in [5.74, 6) is 0. The lowest BCUT2D eigenvalue weighted by atomic mass is 10.2. The van der Waals surface area contributed by atoms with Crippen molar-refractivity contribution in [2.24, 2.45) is 0 Å². The van der Waals surface area contributed by atoms with Gasteiger partial charge in [-0.25, -0.2) is 4.98 Å². The predicted octanol–water partition coefficient (Wildman–Crippen LogP) is 3.27. The number of aromatic nitrogens is 1. The Morgan fingerprint density at radius 3 is 2.64 bits per heavy atom. The third-order valence-corrected chi connectivity index (χ3v) is 1.67. The molecular formula is C9H10BrN.